The molecule has 0 radical (unpaired) electrons. The highest BCUT2D eigenvalue weighted by Crippen LogP contribution is 2.27. The van der Waals surface area contributed by atoms with E-state index in [-0.39, 0.29) is 17.1 Å². The van der Waals surface area contributed by atoms with Crippen LogP contribution in [0.3, 0.4) is 0 Å². The molecule has 8 nitrogen and oxygen atoms in total. The van der Waals surface area contributed by atoms with Crippen LogP contribution >= 0.6 is 0 Å². The molecule has 2 rings (SSSR count). The number of hydrogen-bond donors (Lipinski definition) is 1. The molecule has 2 aromatic rings. The second-order valence-corrected chi connectivity index (χ2v) is 5.61. The van der Waals surface area contributed by atoms with Gasteiger partial charge in [-0.3, -0.25) is 14.9 Å². The highest BCUT2D eigenvalue weighted by atomic mass is 16.6. The van der Waals surface area contributed by atoms with E-state index in [4.69, 9.17) is 5.73 Å². The number of rotatable bonds is 4. The maximum Gasteiger partial charge on any atom is 0.288 e. The number of nitrogens with two attached hydrogens (primary N) is 1. The lowest BCUT2D eigenvalue weighted by Crippen LogP contribution is -2.27. The zero-order valence-corrected chi connectivity index (χ0v) is 14.0. The van der Waals surface area contributed by atoms with E-state index < -0.39 is 10.8 Å². The predicted molar refractivity (Wildman–Crippen MR) is 93.5 cm³/mol. The number of anilines is 3. The van der Waals surface area contributed by atoms with Gasteiger partial charge in [0, 0.05) is 38.6 Å². The normalized spacial score (nSPS) is 10.3. The lowest BCUT2D eigenvalue weighted by molar-refractivity contribution is -0.385. The van der Waals surface area contributed by atoms with E-state index in [1.165, 1.54) is 4.90 Å². The molecule has 0 bridgehead atoms. The minimum absolute atomic E-state index is 0.00122. The zero-order chi connectivity index (χ0) is 18.0. The molecule has 0 fully saturated rings. The molecule has 24 heavy (non-hydrogen) atoms. The van der Waals surface area contributed by atoms with Gasteiger partial charge in [0.1, 0.15) is 12.0 Å². The van der Waals surface area contributed by atoms with E-state index >= 15 is 0 Å². The summed E-state index contributed by atoms with van der Waals surface area (Å²) in [5, 5.41) is 10.9. The van der Waals surface area contributed by atoms with Crippen molar-refractivity contribution in [3.05, 3.63) is 51.7 Å². The van der Waals surface area contributed by atoms with E-state index in [9.17, 15) is 14.9 Å². The van der Waals surface area contributed by atoms with Gasteiger partial charge in [-0.1, -0.05) is 6.07 Å². The van der Waals surface area contributed by atoms with Crippen LogP contribution in [-0.2, 0) is 0 Å². The lowest BCUT2D eigenvalue weighted by Gasteiger charge is -2.22. The summed E-state index contributed by atoms with van der Waals surface area (Å²) in [4.78, 5) is 30.0. The zero-order valence-electron chi connectivity index (χ0n) is 14.0. The second-order valence-electron chi connectivity index (χ2n) is 5.61. The molecule has 1 aromatic carbocycles. The highest BCUT2D eigenvalue weighted by Gasteiger charge is 2.21. The molecular formula is C16H19N5O3. The topological polar surface area (TPSA) is 106 Å². The van der Waals surface area contributed by atoms with Gasteiger partial charge >= 0.3 is 0 Å². The number of nitrogens with zero attached hydrogens (tertiary/aromatic N) is 4. The highest BCUT2D eigenvalue weighted by molar-refractivity contribution is 6.09. The molecule has 0 aliphatic heterocycles. The summed E-state index contributed by atoms with van der Waals surface area (Å²) >= 11 is 0. The minimum Gasteiger partial charge on any atom is -0.383 e. The van der Waals surface area contributed by atoms with Gasteiger partial charge in [0.25, 0.3) is 11.6 Å². The average molecular weight is 329 g/mol. The van der Waals surface area contributed by atoms with E-state index in [0.29, 0.717) is 5.69 Å². The van der Waals surface area contributed by atoms with Crippen molar-refractivity contribution in [2.24, 2.45) is 0 Å². The number of amides is 1. The van der Waals surface area contributed by atoms with Crippen LogP contribution in [0.25, 0.3) is 0 Å². The first-order valence-corrected chi connectivity index (χ1v) is 7.18. The third-order valence-electron chi connectivity index (χ3n) is 3.71. The summed E-state index contributed by atoms with van der Waals surface area (Å²) in [6.07, 6.45) is 1.03. The average Bonchev–Trinajstić information content (AvgIpc) is 2.53. The Bertz CT molecular complexity index is 804. The van der Waals surface area contributed by atoms with Gasteiger partial charge in [-0.2, -0.15) is 0 Å². The Morgan fingerprint density at radius 2 is 1.92 bits per heavy atom. The first kappa shape index (κ1) is 17.2. The smallest absolute Gasteiger partial charge is 0.288 e. The molecule has 8 heteroatoms. The summed E-state index contributed by atoms with van der Waals surface area (Å²) in [7, 11) is 5.41. The Balaban J connectivity index is 2.42. The van der Waals surface area contributed by atoms with Crippen LogP contribution in [0.1, 0.15) is 15.9 Å². The summed E-state index contributed by atoms with van der Waals surface area (Å²) < 4.78 is 0. The number of pyridine rings is 1. The van der Waals surface area contributed by atoms with Crippen LogP contribution in [0.4, 0.5) is 22.9 Å². The molecule has 0 spiro atoms. The van der Waals surface area contributed by atoms with Crippen molar-refractivity contribution in [1.82, 2.24) is 4.98 Å². The molecule has 2 N–H and O–H groups in total. The number of benzene rings is 1. The fourth-order valence-electron chi connectivity index (χ4n) is 2.32. The Kier molecular flexibility index (Phi) is 4.68. The standard InChI is InChI=1S/C16H19N5O3/c1-10-5-6-11(8-14(10)19(2)3)20(4)16(22)13-7-12(21(23)24)9-18-15(13)17/h5-9H,1-4H3,(H2,17,18). The van der Waals surface area contributed by atoms with Gasteiger partial charge in [0.2, 0.25) is 0 Å². The number of aromatic nitrogens is 1. The van der Waals surface area contributed by atoms with Gasteiger partial charge in [-0.15, -0.1) is 0 Å². The first-order valence-electron chi connectivity index (χ1n) is 7.18. The van der Waals surface area contributed by atoms with Crippen LogP contribution in [0.15, 0.2) is 30.5 Å². The fourth-order valence-corrected chi connectivity index (χ4v) is 2.32. The summed E-state index contributed by atoms with van der Waals surface area (Å²) in [5.74, 6) is -0.505. The second kappa shape index (κ2) is 6.53. The van der Waals surface area contributed by atoms with Crippen LogP contribution in [0.5, 0.6) is 0 Å². The Hall–Kier alpha value is -3.16. The molecule has 1 amide bonds. The summed E-state index contributed by atoms with van der Waals surface area (Å²) in [6.45, 7) is 1.98. The summed E-state index contributed by atoms with van der Waals surface area (Å²) in [5.41, 5.74) is 8.13. The number of nitro groups is 1. The van der Waals surface area contributed by atoms with Crippen LogP contribution in [0.2, 0.25) is 0 Å². The van der Waals surface area contributed by atoms with Crippen LogP contribution in [-0.4, -0.2) is 37.0 Å². The third kappa shape index (κ3) is 3.27. The molecule has 0 aliphatic carbocycles. The molecule has 0 atom stereocenters. The van der Waals surface area contributed by atoms with Crippen molar-refractivity contribution in [2.75, 3.05) is 36.7 Å². The first-order chi connectivity index (χ1) is 11.2. The largest absolute Gasteiger partial charge is 0.383 e. The Labute approximate surface area is 139 Å². The number of carbonyl (C=O) groups excluding carboxylic acids is 1. The lowest BCUT2D eigenvalue weighted by atomic mass is 10.1. The molecule has 0 unspecified atom stereocenters. The number of nitrogen functional groups attached to an aromatic ring is 1. The Morgan fingerprint density at radius 1 is 1.25 bits per heavy atom. The van der Waals surface area contributed by atoms with E-state index in [2.05, 4.69) is 4.98 Å². The number of hydrogen-bond acceptors (Lipinski definition) is 6. The summed E-state index contributed by atoms with van der Waals surface area (Å²) in [6, 6.07) is 6.72. The van der Waals surface area contributed by atoms with E-state index in [0.717, 1.165) is 23.5 Å². The van der Waals surface area contributed by atoms with Crippen molar-refractivity contribution >= 4 is 28.8 Å². The maximum absolute atomic E-state index is 12.7. The Morgan fingerprint density at radius 3 is 2.50 bits per heavy atom. The van der Waals surface area contributed by atoms with Gasteiger partial charge in [0.05, 0.1) is 10.5 Å². The quantitative estimate of drug-likeness (QED) is 0.681. The fraction of sp³-hybridized carbons (Fsp3) is 0.250. The van der Waals surface area contributed by atoms with Crippen molar-refractivity contribution < 1.29 is 9.72 Å². The third-order valence-corrected chi connectivity index (χ3v) is 3.71. The van der Waals surface area contributed by atoms with Crippen molar-refractivity contribution in [2.45, 2.75) is 6.92 Å². The molecule has 1 aromatic heterocycles. The predicted octanol–water partition coefficient (Wildman–Crippen LogP) is 2.22. The molecule has 126 valence electrons. The molecule has 0 saturated heterocycles. The SMILES string of the molecule is Cc1ccc(N(C)C(=O)c2cc([N+](=O)[O-])cnc2N)cc1N(C)C. The molecule has 0 aliphatic rings. The molecular weight excluding hydrogens is 310 g/mol. The number of carbonyl (C=O) groups is 1. The van der Waals surface area contributed by atoms with Crippen LogP contribution < -0.4 is 15.5 Å². The van der Waals surface area contributed by atoms with Crippen molar-refractivity contribution in [1.29, 1.82) is 0 Å². The number of aryl methyl sites for hydroxylation is 1. The van der Waals surface area contributed by atoms with E-state index in [1.807, 2.05) is 38.1 Å². The van der Waals surface area contributed by atoms with Crippen LogP contribution in [0, 0.1) is 17.0 Å². The van der Waals surface area contributed by atoms with Gasteiger partial charge in [0.15, 0.2) is 0 Å². The van der Waals surface area contributed by atoms with Crippen molar-refractivity contribution in [3.8, 4) is 0 Å². The van der Waals surface area contributed by atoms with Gasteiger partial charge in [-0.25, -0.2) is 4.98 Å². The monoisotopic (exact) mass is 329 g/mol. The van der Waals surface area contributed by atoms with Gasteiger partial charge < -0.3 is 15.5 Å². The van der Waals surface area contributed by atoms with E-state index in [1.54, 1.807) is 13.1 Å². The molecule has 1 heterocycles. The minimum atomic E-state index is -0.612. The molecule has 0 saturated carbocycles. The maximum atomic E-state index is 12.7. The van der Waals surface area contributed by atoms with Crippen molar-refractivity contribution in [3.63, 3.8) is 0 Å². The van der Waals surface area contributed by atoms with Gasteiger partial charge in [-0.05, 0) is 24.6 Å².